The molecule has 0 amide bonds. The SMILES string of the molecule is Cc1cncc(OC[C@@H](N)Cc2ccc(OCc3ccccc3)cc2)c1. The zero-order valence-corrected chi connectivity index (χ0v) is 15.0. The Kier molecular flexibility index (Phi) is 6.23. The number of hydrogen-bond acceptors (Lipinski definition) is 4. The van der Waals surface area contributed by atoms with Crippen LogP contribution in [0.25, 0.3) is 0 Å². The van der Waals surface area contributed by atoms with Gasteiger partial charge in [0.05, 0.1) is 6.20 Å². The first kappa shape index (κ1) is 18.0. The van der Waals surface area contributed by atoms with Gasteiger partial charge in [-0.3, -0.25) is 4.98 Å². The second-order valence-electron chi connectivity index (χ2n) is 6.39. The van der Waals surface area contributed by atoms with Crippen LogP contribution in [0.3, 0.4) is 0 Å². The van der Waals surface area contributed by atoms with E-state index in [1.807, 2.05) is 43.3 Å². The van der Waals surface area contributed by atoms with Crippen LogP contribution >= 0.6 is 0 Å². The first-order chi connectivity index (χ1) is 12.7. The summed E-state index contributed by atoms with van der Waals surface area (Å²) < 4.78 is 11.5. The Balaban J connectivity index is 1.46. The van der Waals surface area contributed by atoms with Gasteiger partial charge in [0.15, 0.2) is 0 Å². The number of benzene rings is 2. The summed E-state index contributed by atoms with van der Waals surface area (Å²) in [6.45, 7) is 3.01. The molecule has 0 unspecified atom stereocenters. The minimum Gasteiger partial charge on any atom is -0.490 e. The summed E-state index contributed by atoms with van der Waals surface area (Å²) in [4.78, 5) is 4.12. The average Bonchev–Trinajstić information content (AvgIpc) is 2.67. The molecule has 0 bridgehead atoms. The Bertz CT molecular complexity index is 804. The maximum Gasteiger partial charge on any atom is 0.137 e. The first-order valence-electron chi connectivity index (χ1n) is 8.75. The molecule has 0 fully saturated rings. The van der Waals surface area contributed by atoms with Gasteiger partial charge in [0.25, 0.3) is 0 Å². The van der Waals surface area contributed by atoms with E-state index in [2.05, 4.69) is 29.2 Å². The third kappa shape index (κ3) is 5.60. The highest BCUT2D eigenvalue weighted by Gasteiger charge is 2.06. The van der Waals surface area contributed by atoms with Crippen LogP contribution in [0.15, 0.2) is 73.1 Å². The highest BCUT2D eigenvalue weighted by atomic mass is 16.5. The quantitative estimate of drug-likeness (QED) is 0.670. The summed E-state index contributed by atoms with van der Waals surface area (Å²) in [6, 6.07) is 20.1. The van der Waals surface area contributed by atoms with Gasteiger partial charge in [-0.15, -0.1) is 0 Å². The van der Waals surface area contributed by atoms with Gasteiger partial charge in [-0.25, -0.2) is 0 Å². The lowest BCUT2D eigenvalue weighted by Gasteiger charge is -2.14. The second-order valence-corrected chi connectivity index (χ2v) is 6.39. The third-order valence-corrected chi connectivity index (χ3v) is 3.98. The number of aromatic nitrogens is 1. The molecule has 1 atom stereocenters. The lowest BCUT2D eigenvalue weighted by molar-refractivity contribution is 0.286. The van der Waals surface area contributed by atoms with E-state index in [0.717, 1.165) is 34.6 Å². The van der Waals surface area contributed by atoms with E-state index in [0.29, 0.717) is 13.2 Å². The number of pyridine rings is 1. The van der Waals surface area contributed by atoms with Gasteiger partial charge in [-0.1, -0.05) is 42.5 Å². The van der Waals surface area contributed by atoms with Gasteiger partial charge >= 0.3 is 0 Å². The molecule has 3 aromatic rings. The van der Waals surface area contributed by atoms with Crippen molar-refractivity contribution in [3.8, 4) is 11.5 Å². The Morgan fingerprint density at radius 2 is 1.65 bits per heavy atom. The van der Waals surface area contributed by atoms with Crippen LogP contribution in [-0.2, 0) is 13.0 Å². The predicted octanol–water partition coefficient (Wildman–Crippen LogP) is 3.92. The van der Waals surface area contributed by atoms with Crippen molar-refractivity contribution < 1.29 is 9.47 Å². The lowest BCUT2D eigenvalue weighted by Crippen LogP contribution is -2.30. The molecule has 0 saturated heterocycles. The van der Waals surface area contributed by atoms with Crippen LogP contribution in [0.4, 0.5) is 0 Å². The van der Waals surface area contributed by atoms with Crippen LogP contribution in [0.2, 0.25) is 0 Å². The molecule has 3 rings (SSSR count). The fourth-order valence-corrected chi connectivity index (χ4v) is 2.63. The molecule has 0 aliphatic rings. The van der Waals surface area contributed by atoms with Crippen LogP contribution in [0.1, 0.15) is 16.7 Å². The van der Waals surface area contributed by atoms with E-state index in [1.165, 1.54) is 0 Å². The molecule has 0 saturated carbocycles. The molecule has 0 radical (unpaired) electrons. The lowest BCUT2D eigenvalue weighted by atomic mass is 10.1. The standard InChI is InChI=1S/C22H24N2O2/c1-17-11-22(14-24-13-17)26-16-20(23)12-18-7-9-21(10-8-18)25-15-19-5-3-2-4-6-19/h2-11,13-14,20H,12,15-16,23H2,1H3/t20-/m0/s1. The van der Waals surface area contributed by atoms with Crippen molar-refractivity contribution in [3.05, 3.63) is 89.7 Å². The van der Waals surface area contributed by atoms with Crippen molar-refractivity contribution in [2.45, 2.75) is 26.0 Å². The van der Waals surface area contributed by atoms with Gasteiger partial charge < -0.3 is 15.2 Å². The third-order valence-electron chi connectivity index (χ3n) is 3.98. The number of aryl methyl sites for hydroxylation is 1. The van der Waals surface area contributed by atoms with Gasteiger partial charge in [-0.05, 0) is 48.2 Å². The van der Waals surface area contributed by atoms with E-state index in [-0.39, 0.29) is 6.04 Å². The van der Waals surface area contributed by atoms with Crippen molar-refractivity contribution in [2.75, 3.05) is 6.61 Å². The Labute approximate surface area is 154 Å². The zero-order chi connectivity index (χ0) is 18.2. The first-order valence-corrected chi connectivity index (χ1v) is 8.75. The molecule has 26 heavy (non-hydrogen) atoms. The van der Waals surface area contributed by atoms with E-state index >= 15 is 0 Å². The normalized spacial score (nSPS) is 11.8. The van der Waals surface area contributed by atoms with Gasteiger partial charge in [-0.2, -0.15) is 0 Å². The van der Waals surface area contributed by atoms with Gasteiger partial charge in [0, 0.05) is 12.2 Å². The fourth-order valence-electron chi connectivity index (χ4n) is 2.63. The molecule has 2 N–H and O–H groups in total. The molecule has 0 spiro atoms. The Hall–Kier alpha value is -2.85. The molecule has 134 valence electrons. The van der Waals surface area contributed by atoms with Crippen molar-refractivity contribution in [1.82, 2.24) is 4.98 Å². The van der Waals surface area contributed by atoms with Crippen molar-refractivity contribution in [2.24, 2.45) is 5.73 Å². The van der Waals surface area contributed by atoms with E-state index < -0.39 is 0 Å². The summed E-state index contributed by atoms with van der Waals surface area (Å²) in [6.07, 6.45) is 4.25. The molecule has 1 aromatic heterocycles. The van der Waals surface area contributed by atoms with Crippen LogP contribution in [0, 0.1) is 6.92 Å². The van der Waals surface area contributed by atoms with Crippen LogP contribution in [0.5, 0.6) is 11.5 Å². The number of rotatable bonds is 8. The topological polar surface area (TPSA) is 57.4 Å². The van der Waals surface area contributed by atoms with Gasteiger partial charge in [0.2, 0.25) is 0 Å². The predicted molar refractivity (Wildman–Crippen MR) is 103 cm³/mol. The minimum absolute atomic E-state index is 0.0772. The smallest absolute Gasteiger partial charge is 0.137 e. The molecular weight excluding hydrogens is 324 g/mol. The summed E-state index contributed by atoms with van der Waals surface area (Å²) in [5.41, 5.74) is 9.58. The number of nitrogens with two attached hydrogens (primary N) is 1. The van der Waals surface area contributed by atoms with E-state index in [4.69, 9.17) is 15.2 Å². The van der Waals surface area contributed by atoms with Crippen molar-refractivity contribution in [3.63, 3.8) is 0 Å². The minimum atomic E-state index is -0.0772. The van der Waals surface area contributed by atoms with Gasteiger partial charge in [0.1, 0.15) is 24.7 Å². The summed E-state index contributed by atoms with van der Waals surface area (Å²) >= 11 is 0. The van der Waals surface area contributed by atoms with Crippen molar-refractivity contribution >= 4 is 0 Å². The zero-order valence-electron chi connectivity index (χ0n) is 15.0. The van der Waals surface area contributed by atoms with Crippen LogP contribution in [-0.4, -0.2) is 17.6 Å². The molecule has 0 aliphatic carbocycles. The van der Waals surface area contributed by atoms with E-state index in [9.17, 15) is 0 Å². The maximum absolute atomic E-state index is 6.19. The molecule has 2 aromatic carbocycles. The molecule has 4 heteroatoms. The highest BCUT2D eigenvalue weighted by Crippen LogP contribution is 2.16. The average molecular weight is 348 g/mol. The number of hydrogen-bond donors (Lipinski definition) is 1. The number of ether oxygens (including phenoxy) is 2. The summed E-state index contributed by atoms with van der Waals surface area (Å²) in [7, 11) is 0. The highest BCUT2D eigenvalue weighted by molar-refractivity contribution is 5.28. The summed E-state index contributed by atoms with van der Waals surface area (Å²) in [5.74, 6) is 1.61. The molecule has 1 heterocycles. The second kappa shape index (κ2) is 9.02. The fraction of sp³-hybridized carbons (Fsp3) is 0.227. The molecule has 4 nitrogen and oxygen atoms in total. The van der Waals surface area contributed by atoms with Crippen molar-refractivity contribution in [1.29, 1.82) is 0 Å². The maximum atomic E-state index is 6.19. The Morgan fingerprint density at radius 3 is 2.38 bits per heavy atom. The molecular formula is C22H24N2O2. The van der Waals surface area contributed by atoms with E-state index in [1.54, 1.807) is 12.4 Å². The largest absolute Gasteiger partial charge is 0.490 e. The van der Waals surface area contributed by atoms with Crippen LogP contribution < -0.4 is 15.2 Å². The monoisotopic (exact) mass is 348 g/mol. The Morgan fingerprint density at radius 1 is 0.885 bits per heavy atom. The molecule has 0 aliphatic heterocycles. The summed E-state index contributed by atoms with van der Waals surface area (Å²) in [5, 5.41) is 0. The number of nitrogens with zero attached hydrogens (tertiary/aromatic N) is 1.